The average molecular weight is 387 g/mol. The number of methoxy groups -OCH3 is 3. The van der Waals surface area contributed by atoms with Crippen LogP contribution in [0.3, 0.4) is 0 Å². The summed E-state index contributed by atoms with van der Waals surface area (Å²) in [6.07, 6.45) is 0.304. The fourth-order valence-corrected chi connectivity index (χ4v) is 2.84. The van der Waals surface area contributed by atoms with Crippen LogP contribution >= 0.6 is 0 Å². The first kappa shape index (κ1) is 21.6. The molecule has 2 aromatic carbocycles. The van der Waals surface area contributed by atoms with Crippen molar-refractivity contribution >= 4 is 5.97 Å². The number of hydrogen-bond acceptors (Lipinski definition) is 6. The molecule has 6 nitrogen and oxygen atoms in total. The van der Waals surface area contributed by atoms with Crippen LogP contribution in [0.4, 0.5) is 0 Å². The normalized spacial score (nSPS) is 13.0. The molecule has 0 spiro atoms. The van der Waals surface area contributed by atoms with Gasteiger partial charge >= 0.3 is 5.97 Å². The van der Waals surface area contributed by atoms with Crippen molar-refractivity contribution in [1.29, 1.82) is 0 Å². The first-order chi connectivity index (χ1) is 13.4. The molecule has 2 atom stereocenters. The number of rotatable bonds is 9. The van der Waals surface area contributed by atoms with E-state index in [9.17, 15) is 4.79 Å². The highest BCUT2D eigenvalue weighted by Gasteiger charge is 2.24. The fourth-order valence-electron chi connectivity index (χ4n) is 2.84. The molecule has 0 aliphatic carbocycles. The van der Waals surface area contributed by atoms with Crippen LogP contribution < -0.4 is 14.2 Å². The Morgan fingerprint density at radius 3 is 2.00 bits per heavy atom. The van der Waals surface area contributed by atoms with Gasteiger partial charge in [-0.2, -0.15) is 0 Å². The van der Waals surface area contributed by atoms with Crippen LogP contribution in [0.5, 0.6) is 17.2 Å². The maximum atomic E-state index is 12.9. The molecule has 28 heavy (non-hydrogen) atoms. The number of esters is 1. The zero-order chi connectivity index (χ0) is 20.7. The predicted octanol–water partition coefficient (Wildman–Crippen LogP) is 3.95. The average Bonchev–Trinajstić information content (AvgIpc) is 2.72. The van der Waals surface area contributed by atoms with Crippen molar-refractivity contribution in [2.24, 2.45) is 0 Å². The highest BCUT2D eigenvalue weighted by atomic mass is 16.5. The van der Waals surface area contributed by atoms with E-state index in [1.54, 1.807) is 12.1 Å². The minimum Gasteiger partial charge on any atom is -0.493 e. The topological polar surface area (TPSA) is 57.2 Å². The zero-order valence-corrected chi connectivity index (χ0v) is 17.4. The second-order valence-corrected chi connectivity index (χ2v) is 6.77. The van der Waals surface area contributed by atoms with Crippen LogP contribution in [0.1, 0.15) is 35.4 Å². The Hall–Kier alpha value is -2.73. The molecule has 2 aromatic rings. The summed E-state index contributed by atoms with van der Waals surface area (Å²) in [5.41, 5.74) is 1.30. The highest BCUT2D eigenvalue weighted by Crippen LogP contribution is 2.38. The molecular formula is C22H29NO5. The summed E-state index contributed by atoms with van der Waals surface area (Å²) in [6, 6.07) is 13.2. The Kier molecular flexibility index (Phi) is 7.70. The minimum absolute atomic E-state index is 0.234. The first-order valence-electron chi connectivity index (χ1n) is 9.13. The van der Waals surface area contributed by atoms with Gasteiger partial charge < -0.3 is 23.8 Å². The van der Waals surface area contributed by atoms with Gasteiger partial charge in [-0.1, -0.05) is 30.3 Å². The molecule has 152 valence electrons. The van der Waals surface area contributed by atoms with Gasteiger partial charge in [0.2, 0.25) is 5.75 Å². The molecule has 0 radical (unpaired) electrons. The van der Waals surface area contributed by atoms with E-state index >= 15 is 0 Å². The lowest BCUT2D eigenvalue weighted by Crippen LogP contribution is -2.28. The van der Waals surface area contributed by atoms with Crippen molar-refractivity contribution in [3.63, 3.8) is 0 Å². The summed E-state index contributed by atoms with van der Waals surface area (Å²) in [4.78, 5) is 15.0. The van der Waals surface area contributed by atoms with Crippen molar-refractivity contribution in [1.82, 2.24) is 4.90 Å². The Bertz CT molecular complexity index is 751. The third-order valence-corrected chi connectivity index (χ3v) is 4.76. The van der Waals surface area contributed by atoms with Gasteiger partial charge in [0.05, 0.1) is 26.9 Å². The van der Waals surface area contributed by atoms with Crippen LogP contribution in [0.15, 0.2) is 42.5 Å². The fraction of sp³-hybridized carbons (Fsp3) is 0.409. The number of benzene rings is 2. The van der Waals surface area contributed by atoms with Crippen molar-refractivity contribution in [3.05, 3.63) is 53.6 Å². The molecule has 6 heteroatoms. The third kappa shape index (κ3) is 5.16. The summed E-state index contributed by atoms with van der Waals surface area (Å²) in [5, 5.41) is 0. The lowest BCUT2D eigenvalue weighted by atomic mass is 10.0. The summed E-state index contributed by atoms with van der Waals surface area (Å²) < 4.78 is 21.9. The van der Waals surface area contributed by atoms with Gasteiger partial charge in [-0.25, -0.2) is 4.79 Å². The number of ether oxygens (including phenoxy) is 4. The molecule has 0 aliphatic rings. The van der Waals surface area contributed by atoms with Crippen molar-refractivity contribution < 1.29 is 23.7 Å². The Labute approximate surface area is 167 Å². The van der Waals surface area contributed by atoms with Gasteiger partial charge in [-0.15, -0.1) is 0 Å². The van der Waals surface area contributed by atoms with Crippen LogP contribution in [-0.2, 0) is 4.74 Å². The monoisotopic (exact) mass is 387 g/mol. The third-order valence-electron chi connectivity index (χ3n) is 4.76. The second kappa shape index (κ2) is 9.99. The van der Waals surface area contributed by atoms with E-state index in [0.717, 1.165) is 5.56 Å². The van der Waals surface area contributed by atoms with Gasteiger partial charge in [-0.3, -0.25) is 0 Å². The van der Waals surface area contributed by atoms with Crippen LogP contribution in [0.2, 0.25) is 0 Å². The maximum Gasteiger partial charge on any atom is 0.339 e. The number of carbonyl (C=O) groups excluding carboxylic acids is 1. The highest BCUT2D eigenvalue weighted by molar-refractivity contribution is 5.91. The SMILES string of the molecule is COc1cc(C(=O)OC(CC(C)N(C)C)c2ccccc2)cc(OC)c1OC. The van der Waals surface area contributed by atoms with Crippen LogP contribution in [-0.4, -0.2) is 52.3 Å². The molecule has 2 unspecified atom stereocenters. The summed E-state index contributed by atoms with van der Waals surface area (Å²) >= 11 is 0. The molecule has 0 aliphatic heterocycles. The number of nitrogens with zero attached hydrogens (tertiary/aromatic N) is 1. The standard InChI is InChI=1S/C22H29NO5/c1-15(23(2)3)12-18(16-10-8-7-9-11-16)28-22(24)17-13-19(25-4)21(27-6)20(14-17)26-5/h7-11,13-15,18H,12H2,1-6H3. The van der Waals surface area contributed by atoms with E-state index in [1.165, 1.54) is 21.3 Å². The molecule has 0 saturated heterocycles. The van der Waals surface area contributed by atoms with E-state index in [2.05, 4.69) is 11.8 Å². The van der Waals surface area contributed by atoms with E-state index < -0.39 is 5.97 Å². The van der Waals surface area contributed by atoms with Gasteiger partial charge in [0.1, 0.15) is 6.10 Å². The van der Waals surface area contributed by atoms with Crippen molar-refractivity contribution in [2.45, 2.75) is 25.5 Å². The minimum atomic E-state index is -0.445. The Morgan fingerprint density at radius 2 is 1.54 bits per heavy atom. The second-order valence-electron chi connectivity index (χ2n) is 6.77. The van der Waals surface area contributed by atoms with Crippen LogP contribution in [0.25, 0.3) is 0 Å². The molecule has 0 amide bonds. The zero-order valence-electron chi connectivity index (χ0n) is 17.4. The number of hydrogen-bond donors (Lipinski definition) is 0. The largest absolute Gasteiger partial charge is 0.493 e. The Balaban J connectivity index is 2.32. The van der Waals surface area contributed by atoms with E-state index in [1.807, 2.05) is 44.4 Å². The summed E-state index contributed by atoms with van der Waals surface area (Å²) in [6.45, 7) is 2.10. The predicted molar refractivity (Wildman–Crippen MR) is 108 cm³/mol. The smallest absolute Gasteiger partial charge is 0.339 e. The molecule has 0 fully saturated rings. The molecule has 0 saturated carbocycles. The summed E-state index contributed by atoms with van der Waals surface area (Å²) in [5.74, 6) is 0.805. The first-order valence-corrected chi connectivity index (χ1v) is 9.13. The van der Waals surface area contributed by atoms with Gasteiger partial charge in [0.15, 0.2) is 11.5 Å². The summed E-state index contributed by atoms with van der Waals surface area (Å²) in [7, 11) is 8.56. The van der Waals surface area contributed by atoms with E-state index in [4.69, 9.17) is 18.9 Å². The molecule has 2 rings (SSSR count). The quantitative estimate of drug-likeness (QED) is 0.607. The number of carbonyl (C=O) groups is 1. The van der Waals surface area contributed by atoms with Gasteiger partial charge in [-0.05, 0) is 38.7 Å². The van der Waals surface area contributed by atoms with Gasteiger partial charge in [0, 0.05) is 12.5 Å². The molecular weight excluding hydrogens is 358 g/mol. The van der Waals surface area contributed by atoms with E-state index in [0.29, 0.717) is 29.2 Å². The molecule has 0 bridgehead atoms. The molecule has 0 aromatic heterocycles. The van der Waals surface area contributed by atoms with E-state index in [-0.39, 0.29) is 12.1 Å². The van der Waals surface area contributed by atoms with Gasteiger partial charge in [0.25, 0.3) is 0 Å². The molecule has 0 N–H and O–H groups in total. The Morgan fingerprint density at radius 1 is 0.964 bits per heavy atom. The maximum absolute atomic E-state index is 12.9. The van der Waals surface area contributed by atoms with Crippen molar-refractivity contribution in [3.8, 4) is 17.2 Å². The lowest BCUT2D eigenvalue weighted by molar-refractivity contribution is 0.0223. The lowest BCUT2D eigenvalue weighted by Gasteiger charge is -2.26. The van der Waals surface area contributed by atoms with Crippen molar-refractivity contribution in [2.75, 3.05) is 35.4 Å². The van der Waals surface area contributed by atoms with Crippen LogP contribution in [0, 0.1) is 0 Å². The molecule has 0 heterocycles.